The van der Waals surface area contributed by atoms with Gasteiger partial charge in [-0.25, -0.2) is 9.38 Å². The standard InChI is InChI=1S/C15H19FN2O2/c1-4-12(6-8-14(19)20)18-15(17-3)11-5-7-13(16)10(2)9-11/h5,7,9H,4,6,8H2,1-3H3,(H,19,20). The van der Waals surface area contributed by atoms with Gasteiger partial charge in [0.25, 0.3) is 0 Å². The molecule has 4 nitrogen and oxygen atoms in total. The molecular weight excluding hydrogens is 259 g/mol. The van der Waals surface area contributed by atoms with Gasteiger partial charge in [0, 0.05) is 18.3 Å². The van der Waals surface area contributed by atoms with Gasteiger partial charge in [-0.1, -0.05) is 6.92 Å². The Morgan fingerprint density at radius 2 is 2.05 bits per heavy atom. The normalized spacial score (nSPS) is 12.6. The average Bonchev–Trinajstić information content (AvgIpc) is 2.42. The largest absolute Gasteiger partial charge is 0.481 e. The number of halogens is 1. The Labute approximate surface area is 118 Å². The second-order valence-corrected chi connectivity index (χ2v) is 4.44. The number of aliphatic carboxylic acids is 1. The maximum Gasteiger partial charge on any atom is 0.303 e. The lowest BCUT2D eigenvalue weighted by Gasteiger charge is -2.06. The van der Waals surface area contributed by atoms with E-state index in [1.165, 1.54) is 6.07 Å². The van der Waals surface area contributed by atoms with Crippen molar-refractivity contribution in [1.29, 1.82) is 0 Å². The number of rotatable bonds is 5. The number of aliphatic imine (C=N–C) groups is 2. The molecule has 1 rings (SSSR count). The van der Waals surface area contributed by atoms with E-state index in [4.69, 9.17) is 5.11 Å². The molecule has 0 spiro atoms. The molecule has 1 aromatic carbocycles. The monoisotopic (exact) mass is 278 g/mol. The van der Waals surface area contributed by atoms with Gasteiger partial charge in [-0.05, 0) is 43.5 Å². The fraction of sp³-hybridized carbons (Fsp3) is 0.400. The minimum Gasteiger partial charge on any atom is -0.481 e. The molecule has 20 heavy (non-hydrogen) atoms. The number of amidine groups is 1. The summed E-state index contributed by atoms with van der Waals surface area (Å²) >= 11 is 0. The third-order valence-corrected chi connectivity index (χ3v) is 2.93. The van der Waals surface area contributed by atoms with Crippen LogP contribution >= 0.6 is 0 Å². The highest BCUT2D eigenvalue weighted by Gasteiger charge is 2.07. The molecule has 0 saturated carbocycles. The second-order valence-electron chi connectivity index (χ2n) is 4.44. The van der Waals surface area contributed by atoms with E-state index in [2.05, 4.69) is 9.98 Å². The van der Waals surface area contributed by atoms with Gasteiger partial charge in [0.05, 0.1) is 6.42 Å². The predicted molar refractivity (Wildman–Crippen MR) is 78.2 cm³/mol. The maximum absolute atomic E-state index is 13.3. The fourth-order valence-electron chi connectivity index (χ4n) is 1.74. The van der Waals surface area contributed by atoms with E-state index < -0.39 is 5.97 Å². The predicted octanol–water partition coefficient (Wildman–Crippen LogP) is 3.23. The van der Waals surface area contributed by atoms with Crippen LogP contribution in [0.1, 0.15) is 37.3 Å². The summed E-state index contributed by atoms with van der Waals surface area (Å²) in [4.78, 5) is 19.1. The summed E-state index contributed by atoms with van der Waals surface area (Å²) in [5, 5.41) is 8.71. The molecule has 1 aromatic rings. The Balaban J connectivity index is 2.99. The Bertz CT molecular complexity index is 551. The molecule has 0 saturated heterocycles. The van der Waals surface area contributed by atoms with Crippen LogP contribution in [-0.4, -0.2) is 29.7 Å². The molecule has 108 valence electrons. The van der Waals surface area contributed by atoms with E-state index in [0.717, 1.165) is 11.3 Å². The van der Waals surface area contributed by atoms with Crippen molar-refractivity contribution in [2.75, 3.05) is 7.05 Å². The highest BCUT2D eigenvalue weighted by Crippen LogP contribution is 2.12. The summed E-state index contributed by atoms with van der Waals surface area (Å²) in [7, 11) is 1.61. The van der Waals surface area contributed by atoms with Crippen LogP contribution in [0.15, 0.2) is 28.2 Å². The van der Waals surface area contributed by atoms with Crippen molar-refractivity contribution < 1.29 is 14.3 Å². The van der Waals surface area contributed by atoms with Crippen LogP contribution in [0.5, 0.6) is 0 Å². The lowest BCUT2D eigenvalue weighted by Crippen LogP contribution is -2.07. The van der Waals surface area contributed by atoms with Crippen LogP contribution in [0.25, 0.3) is 0 Å². The highest BCUT2D eigenvalue weighted by molar-refractivity contribution is 6.07. The molecule has 0 aliphatic heterocycles. The highest BCUT2D eigenvalue weighted by atomic mass is 19.1. The van der Waals surface area contributed by atoms with Crippen molar-refractivity contribution >= 4 is 17.5 Å². The van der Waals surface area contributed by atoms with Gasteiger partial charge in [0.2, 0.25) is 0 Å². The molecule has 0 radical (unpaired) electrons. The summed E-state index contributed by atoms with van der Waals surface area (Å²) in [5.41, 5.74) is 2.03. The summed E-state index contributed by atoms with van der Waals surface area (Å²) in [6.07, 6.45) is 1.10. The Hall–Kier alpha value is -2.04. The van der Waals surface area contributed by atoms with E-state index in [-0.39, 0.29) is 12.2 Å². The van der Waals surface area contributed by atoms with Gasteiger partial charge >= 0.3 is 5.97 Å². The average molecular weight is 278 g/mol. The third kappa shape index (κ3) is 4.57. The molecule has 0 fully saturated rings. The van der Waals surface area contributed by atoms with Crippen LogP contribution in [0.4, 0.5) is 4.39 Å². The first-order valence-electron chi connectivity index (χ1n) is 6.49. The van der Waals surface area contributed by atoms with E-state index in [1.54, 1.807) is 26.1 Å². The lowest BCUT2D eigenvalue weighted by molar-refractivity contribution is -0.136. The van der Waals surface area contributed by atoms with E-state index in [9.17, 15) is 9.18 Å². The third-order valence-electron chi connectivity index (χ3n) is 2.93. The number of nitrogens with zero attached hydrogens (tertiary/aromatic N) is 2. The number of carboxylic acid groups (broad SMARTS) is 1. The molecule has 0 heterocycles. The molecule has 0 unspecified atom stereocenters. The van der Waals surface area contributed by atoms with Crippen molar-refractivity contribution in [2.24, 2.45) is 9.98 Å². The topological polar surface area (TPSA) is 62.0 Å². The number of carboxylic acids is 1. The molecule has 0 aliphatic carbocycles. The number of hydrogen-bond acceptors (Lipinski definition) is 2. The van der Waals surface area contributed by atoms with E-state index >= 15 is 0 Å². The van der Waals surface area contributed by atoms with Gasteiger partial charge in [-0.2, -0.15) is 0 Å². The van der Waals surface area contributed by atoms with Gasteiger partial charge in [-0.15, -0.1) is 0 Å². The van der Waals surface area contributed by atoms with Gasteiger partial charge in [-0.3, -0.25) is 9.79 Å². The van der Waals surface area contributed by atoms with Crippen molar-refractivity contribution in [2.45, 2.75) is 33.1 Å². The first kappa shape index (κ1) is 16.0. The van der Waals surface area contributed by atoms with Gasteiger partial charge < -0.3 is 5.11 Å². The van der Waals surface area contributed by atoms with Crippen molar-refractivity contribution in [3.63, 3.8) is 0 Å². The minimum absolute atomic E-state index is 0.0477. The van der Waals surface area contributed by atoms with E-state index in [1.807, 2.05) is 6.92 Å². The smallest absolute Gasteiger partial charge is 0.303 e. The molecule has 0 bridgehead atoms. The van der Waals surface area contributed by atoms with Crippen LogP contribution in [0, 0.1) is 12.7 Å². The Morgan fingerprint density at radius 1 is 1.35 bits per heavy atom. The first-order chi connectivity index (χ1) is 9.47. The quantitative estimate of drug-likeness (QED) is 0.664. The van der Waals surface area contributed by atoms with Crippen molar-refractivity contribution in [3.8, 4) is 0 Å². The maximum atomic E-state index is 13.3. The second kappa shape index (κ2) is 7.53. The molecule has 0 aliphatic rings. The summed E-state index contributed by atoms with van der Waals surface area (Å²) in [6, 6.07) is 4.69. The molecule has 0 atom stereocenters. The number of aryl methyl sites for hydroxylation is 1. The summed E-state index contributed by atoms with van der Waals surface area (Å²) in [5.74, 6) is -0.621. The zero-order chi connectivity index (χ0) is 15.1. The van der Waals surface area contributed by atoms with Crippen molar-refractivity contribution in [3.05, 3.63) is 35.1 Å². The molecular formula is C15H19FN2O2. The van der Waals surface area contributed by atoms with Gasteiger partial charge in [0.1, 0.15) is 5.82 Å². The number of benzene rings is 1. The van der Waals surface area contributed by atoms with E-state index in [0.29, 0.717) is 24.2 Å². The first-order valence-corrected chi connectivity index (χ1v) is 6.49. The zero-order valence-corrected chi connectivity index (χ0v) is 12.0. The summed E-state index contributed by atoms with van der Waals surface area (Å²) < 4.78 is 13.3. The van der Waals surface area contributed by atoms with Gasteiger partial charge in [0.15, 0.2) is 5.84 Å². The Morgan fingerprint density at radius 3 is 2.55 bits per heavy atom. The van der Waals surface area contributed by atoms with Crippen LogP contribution in [-0.2, 0) is 4.79 Å². The summed E-state index contributed by atoms with van der Waals surface area (Å²) in [6.45, 7) is 3.60. The molecule has 0 aromatic heterocycles. The zero-order valence-electron chi connectivity index (χ0n) is 12.0. The van der Waals surface area contributed by atoms with Crippen LogP contribution in [0.2, 0.25) is 0 Å². The molecule has 1 N–H and O–H groups in total. The SMILES string of the molecule is CCC(CCC(=O)O)=NC(=NC)c1ccc(F)c(C)c1. The molecule has 5 heteroatoms. The van der Waals surface area contributed by atoms with Crippen molar-refractivity contribution in [1.82, 2.24) is 0 Å². The minimum atomic E-state index is -0.848. The number of hydrogen-bond donors (Lipinski definition) is 1. The fourth-order valence-corrected chi connectivity index (χ4v) is 1.74. The van der Waals surface area contributed by atoms with Crippen LogP contribution in [0.3, 0.4) is 0 Å². The number of carbonyl (C=O) groups is 1. The molecule has 0 amide bonds. The Kier molecular flexibility index (Phi) is 6.03. The lowest BCUT2D eigenvalue weighted by atomic mass is 10.1. The van der Waals surface area contributed by atoms with Crippen LogP contribution < -0.4 is 0 Å².